The maximum absolute atomic E-state index is 12.0. The van der Waals surface area contributed by atoms with Crippen LogP contribution in [0.1, 0.15) is 24.8 Å². The van der Waals surface area contributed by atoms with Crippen molar-refractivity contribution in [1.29, 1.82) is 0 Å². The van der Waals surface area contributed by atoms with Gasteiger partial charge in [0.05, 0.1) is 5.70 Å². The van der Waals surface area contributed by atoms with Crippen molar-refractivity contribution in [3.8, 4) is 5.75 Å². The largest absolute Gasteiger partial charge is 0.461 e. The highest BCUT2D eigenvalue weighted by Crippen LogP contribution is 2.34. The van der Waals surface area contributed by atoms with Crippen molar-refractivity contribution in [2.24, 2.45) is 0 Å². The zero-order valence-corrected chi connectivity index (χ0v) is 10.0. The number of aliphatic hydroxyl groups is 1. The summed E-state index contributed by atoms with van der Waals surface area (Å²) in [6, 6.07) is 7.48. The van der Waals surface area contributed by atoms with Gasteiger partial charge in [-0.15, -0.1) is 0 Å². The molecule has 2 aliphatic heterocycles. The molecule has 1 amide bonds. The molecule has 1 aromatic carbocycles. The van der Waals surface area contributed by atoms with Crippen LogP contribution in [0.25, 0.3) is 5.70 Å². The summed E-state index contributed by atoms with van der Waals surface area (Å²) in [6.07, 6.45) is 3.15. The molecule has 1 unspecified atom stereocenters. The fourth-order valence-corrected chi connectivity index (χ4v) is 2.47. The number of ether oxygens (including phenoxy) is 1. The number of aliphatic hydroxyl groups excluding tert-OH is 1. The van der Waals surface area contributed by atoms with Crippen LogP contribution in [0.5, 0.6) is 5.75 Å². The lowest BCUT2D eigenvalue weighted by Crippen LogP contribution is -2.36. The van der Waals surface area contributed by atoms with Crippen LogP contribution in [-0.4, -0.2) is 28.7 Å². The lowest BCUT2D eigenvalue weighted by atomic mass is 10.0. The van der Waals surface area contributed by atoms with Crippen LogP contribution >= 0.6 is 0 Å². The molecule has 1 aromatic rings. The molecule has 3 rings (SSSR count). The number of fused-ring (bicyclic) bond motifs is 1. The monoisotopic (exact) mass is 245 g/mol. The second kappa shape index (κ2) is 4.46. The first-order valence-electron chi connectivity index (χ1n) is 6.22. The van der Waals surface area contributed by atoms with E-state index < -0.39 is 6.29 Å². The van der Waals surface area contributed by atoms with E-state index in [-0.39, 0.29) is 5.91 Å². The van der Waals surface area contributed by atoms with Gasteiger partial charge in [-0.2, -0.15) is 0 Å². The van der Waals surface area contributed by atoms with Gasteiger partial charge in [0.1, 0.15) is 5.75 Å². The molecule has 0 aliphatic carbocycles. The Morgan fingerprint density at radius 2 is 2.11 bits per heavy atom. The van der Waals surface area contributed by atoms with E-state index in [0.29, 0.717) is 18.7 Å². The Morgan fingerprint density at radius 3 is 2.94 bits per heavy atom. The van der Waals surface area contributed by atoms with Gasteiger partial charge in [0.25, 0.3) is 0 Å². The third kappa shape index (κ3) is 1.88. The maximum Gasteiger partial charge on any atom is 0.226 e. The standard InChI is InChI=1S/C14H15NO3/c16-13-7-3-4-8-15(13)11-9-14(17)18-12-6-2-1-5-10(11)12/h1-2,5-6,9,14,17H,3-4,7-8H2. The minimum absolute atomic E-state index is 0.122. The number of carbonyl (C=O) groups is 1. The average Bonchev–Trinajstić information content (AvgIpc) is 2.38. The summed E-state index contributed by atoms with van der Waals surface area (Å²) >= 11 is 0. The number of para-hydroxylation sites is 1. The minimum Gasteiger partial charge on any atom is -0.461 e. The Morgan fingerprint density at radius 1 is 1.28 bits per heavy atom. The molecule has 0 spiro atoms. The van der Waals surface area contributed by atoms with E-state index in [1.54, 1.807) is 17.0 Å². The summed E-state index contributed by atoms with van der Waals surface area (Å²) in [5.74, 6) is 0.747. The predicted octanol–water partition coefficient (Wildman–Crippen LogP) is 1.75. The van der Waals surface area contributed by atoms with Gasteiger partial charge in [-0.3, -0.25) is 4.79 Å². The van der Waals surface area contributed by atoms with E-state index in [4.69, 9.17) is 4.74 Å². The van der Waals surface area contributed by atoms with E-state index in [2.05, 4.69) is 0 Å². The van der Waals surface area contributed by atoms with Gasteiger partial charge in [0, 0.05) is 24.6 Å². The van der Waals surface area contributed by atoms with Gasteiger partial charge in [-0.25, -0.2) is 0 Å². The van der Waals surface area contributed by atoms with Crippen LogP contribution in [0.2, 0.25) is 0 Å². The fourth-order valence-electron chi connectivity index (χ4n) is 2.47. The van der Waals surface area contributed by atoms with Crippen LogP contribution in [0.3, 0.4) is 0 Å². The zero-order chi connectivity index (χ0) is 12.5. The molecule has 0 saturated carbocycles. The molecule has 4 nitrogen and oxygen atoms in total. The van der Waals surface area contributed by atoms with Gasteiger partial charge < -0.3 is 14.7 Å². The number of hydrogen-bond donors (Lipinski definition) is 1. The molecule has 2 aliphatic rings. The predicted molar refractivity (Wildman–Crippen MR) is 66.6 cm³/mol. The van der Waals surface area contributed by atoms with E-state index in [1.807, 2.05) is 18.2 Å². The maximum atomic E-state index is 12.0. The second-order valence-corrected chi connectivity index (χ2v) is 4.56. The number of rotatable bonds is 1. The van der Waals surface area contributed by atoms with E-state index in [0.717, 1.165) is 24.1 Å². The molecule has 4 heteroatoms. The van der Waals surface area contributed by atoms with Crippen molar-refractivity contribution in [2.75, 3.05) is 6.54 Å². The highest BCUT2D eigenvalue weighted by molar-refractivity contribution is 5.89. The third-order valence-electron chi connectivity index (χ3n) is 3.33. The van der Waals surface area contributed by atoms with Crippen LogP contribution in [0.4, 0.5) is 0 Å². The minimum atomic E-state index is -0.982. The van der Waals surface area contributed by atoms with Crippen molar-refractivity contribution >= 4 is 11.6 Å². The first-order valence-corrected chi connectivity index (χ1v) is 6.22. The first kappa shape index (κ1) is 11.3. The number of carbonyl (C=O) groups excluding carboxylic acids is 1. The fraction of sp³-hybridized carbons (Fsp3) is 0.357. The molecule has 94 valence electrons. The van der Waals surface area contributed by atoms with Gasteiger partial charge >= 0.3 is 0 Å². The topological polar surface area (TPSA) is 49.8 Å². The van der Waals surface area contributed by atoms with E-state index in [1.165, 1.54) is 0 Å². The summed E-state index contributed by atoms with van der Waals surface area (Å²) in [5, 5.41) is 9.71. The van der Waals surface area contributed by atoms with Crippen molar-refractivity contribution in [3.05, 3.63) is 35.9 Å². The van der Waals surface area contributed by atoms with Gasteiger partial charge in [0.15, 0.2) is 0 Å². The molecule has 1 atom stereocenters. The lowest BCUT2D eigenvalue weighted by Gasteiger charge is -2.32. The number of amides is 1. The average molecular weight is 245 g/mol. The molecule has 0 bridgehead atoms. The SMILES string of the molecule is O=C1CCCCN1C1=CC(O)Oc2ccccc21. The van der Waals surface area contributed by atoms with Gasteiger partial charge in [0.2, 0.25) is 12.2 Å². The van der Waals surface area contributed by atoms with Crippen molar-refractivity contribution in [3.63, 3.8) is 0 Å². The normalized spacial score (nSPS) is 23.2. The number of hydrogen-bond acceptors (Lipinski definition) is 3. The highest BCUT2D eigenvalue weighted by Gasteiger charge is 2.28. The molecule has 2 heterocycles. The van der Waals surface area contributed by atoms with Gasteiger partial charge in [-0.1, -0.05) is 12.1 Å². The lowest BCUT2D eigenvalue weighted by molar-refractivity contribution is -0.129. The molecule has 18 heavy (non-hydrogen) atoms. The number of nitrogens with zero attached hydrogens (tertiary/aromatic N) is 1. The van der Waals surface area contributed by atoms with Crippen molar-refractivity contribution < 1.29 is 14.6 Å². The van der Waals surface area contributed by atoms with E-state index in [9.17, 15) is 9.90 Å². The molecule has 0 aromatic heterocycles. The quantitative estimate of drug-likeness (QED) is 0.820. The number of benzene rings is 1. The Labute approximate surface area is 105 Å². The van der Waals surface area contributed by atoms with Crippen LogP contribution < -0.4 is 4.74 Å². The van der Waals surface area contributed by atoms with Crippen molar-refractivity contribution in [1.82, 2.24) is 4.90 Å². The van der Waals surface area contributed by atoms with Crippen LogP contribution in [-0.2, 0) is 4.79 Å². The summed E-state index contributed by atoms with van der Waals surface area (Å²) in [6.45, 7) is 0.714. The summed E-state index contributed by atoms with van der Waals surface area (Å²) in [7, 11) is 0. The molecule has 0 radical (unpaired) electrons. The van der Waals surface area contributed by atoms with E-state index >= 15 is 0 Å². The highest BCUT2D eigenvalue weighted by atomic mass is 16.6. The van der Waals surface area contributed by atoms with Gasteiger partial charge in [-0.05, 0) is 25.0 Å². The molecule has 1 N–H and O–H groups in total. The smallest absolute Gasteiger partial charge is 0.226 e. The Kier molecular flexibility index (Phi) is 2.80. The number of likely N-dealkylation sites (tertiary alicyclic amines) is 1. The molecular formula is C14H15NO3. The summed E-state index contributed by atoms with van der Waals surface area (Å²) < 4.78 is 5.33. The molecule has 1 fully saturated rings. The Bertz CT molecular complexity index is 510. The van der Waals surface area contributed by atoms with Crippen LogP contribution in [0, 0.1) is 0 Å². The summed E-state index contributed by atoms with van der Waals surface area (Å²) in [5.41, 5.74) is 1.65. The Hall–Kier alpha value is -1.81. The first-order chi connectivity index (χ1) is 8.75. The Balaban J connectivity index is 2.01. The molecular weight excluding hydrogens is 230 g/mol. The molecule has 1 saturated heterocycles. The zero-order valence-electron chi connectivity index (χ0n) is 10.0. The number of piperidine rings is 1. The second-order valence-electron chi connectivity index (χ2n) is 4.56. The summed E-state index contributed by atoms with van der Waals surface area (Å²) in [4.78, 5) is 13.7. The third-order valence-corrected chi connectivity index (χ3v) is 3.33. The van der Waals surface area contributed by atoms with Crippen LogP contribution in [0.15, 0.2) is 30.3 Å². The van der Waals surface area contributed by atoms with Crippen molar-refractivity contribution in [2.45, 2.75) is 25.6 Å².